The van der Waals surface area contributed by atoms with Crippen molar-refractivity contribution in [3.05, 3.63) is 42.0 Å². The van der Waals surface area contributed by atoms with Gasteiger partial charge in [-0.1, -0.05) is 12.1 Å². The molecule has 0 radical (unpaired) electrons. The Labute approximate surface area is 188 Å². The maximum Gasteiger partial charge on any atom is 0.241 e. The normalized spacial score (nSPS) is 14.7. The summed E-state index contributed by atoms with van der Waals surface area (Å²) < 4.78 is 42.8. The molecule has 0 atom stereocenters. The fourth-order valence-electron chi connectivity index (χ4n) is 3.66. The van der Waals surface area contributed by atoms with E-state index in [1.165, 1.54) is 25.6 Å². The monoisotopic (exact) mass is 463 g/mol. The minimum Gasteiger partial charge on any atom is -0.493 e. The molecule has 0 aliphatic carbocycles. The summed E-state index contributed by atoms with van der Waals surface area (Å²) in [5.74, 6) is -0.185. The summed E-state index contributed by atoms with van der Waals surface area (Å²) in [6.07, 6.45) is 0. The summed E-state index contributed by atoms with van der Waals surface area (Å²) in [6, 6.07) is 11.2. The average molecular weight is 464 g/mol. The lowest BCUT2D eigenvalue weighted by Gasteiger charge is -2.35. The fraction of sp³-hybridized carbons (Fsp3) is 0.409. The van der Waals surface area contributed by atoms with Gasteiger partial charge in [0.15, 0.2) is 11.5 Å². The molecule has 0 aromatic heterocycles. The number of benzene rings is 2. The third-order valence-corrected chi connectivity index (χ3v) is 7.04. The predicted octanol–water partition coefficient (Wildman–Crippen LogP) is 2.11. The number of nitrogens with zero attached hydrogens (tertiary/aromatic N) is 2. The first-order valence-electron chi connectivity index (χ1n) is 10.2. The Morgan fingerprint density at radius 1 is 0.969 bits per heavy atom. The third-order valence-electron chi connectivity index (χ3n) is 5.26. The number of nitrogens with one attached hydrogen (secondary N) is 1. The molecule has 1 fully saturated rings. The second-order valence-corrected chi connectivity index (χ2v) is 9.41. The molecule has 3 rings (SSSR count). The lowest BCUT2D eigenvalue weighted by atomic mass is 10.2. The number of hydrogen-bond acceptors (Lipinski definition) is 7. The van der Waals surface area contributed by atoms with Gasteiger partial charge in [0.05, 0.1) is 21.3 Å². The van der Waals surface area contributed by atoms with Crippen LogP contribution in [0.3, 0.4) is 0 Å². The van der Waals surface area contributed by atoms with Crippen LogP contribution in [0.1, 0.15) is 5.56 Å². The lowest BCUT2D eigenvalue weighted by molar-refractivity contribution is -0.113. The highest BCUT2D eigenvalue weighted by Crippen LogP contribution is 2.39. The van der Waals surface area contributed by atoms with E-state index >= 15 is 0 Å². The fourth-order valence-corrected chi connectivity index (χ4v) is 4.96. The van der Waals surface area contributed by atoms with Crippen LogP contribution < -0.4 is 24.4 Å². The zero-order chi connectivity index (χ0) is 23.3. The van der Waals surface area contributed by atoms with Gasteiger partial charge in [0.2, 0.25) is 21.7 Å². The maximum absolute atomic E-state index is 12.8. The van der Waals surface area contributed by atoms with E-state index in [0.29, 0.717) is 49.1 Å². The Kier molecular flexibility index (Phi) is 7.47. The largest absolute Gasteiger partial charge is 0.493 e. The number of carbonyl (C=O) groups excluding carboxylic acids is 1. The Morgan fingerprint density at radius 3 is 2.12 bits per heavy atom. The van der Waals surface area contributed by atoms with E-state index < -0.39 is 21.7 Å². The number of aryl methyl sites for hydroxylation is 1. The smallest absolute Gasteiger partial charge is 0.241 e. The second-order valence-electron chi connectivity index (χ2n) is 7.44. The van der Waals surface area contributed by atoms with Crippen LogP contribution in [0.5, 0.6) is 17.2 Å². The molecule has 1 heterocycles. The van der Waals surface area contributed by atoms with Gasteiger partial charge in [-0.3, -0.25) is 4.79 Å². The summed E-state index contributed by atoms with van der Waals surface area (Å²) in [5.41, 5.74) is 2.58. The molecular formula is C22H29N3O6S. The second kappa shape index (κ2) is 10.1. The van der Waals surface area contributed by atoms with Crippen LogP contribution in [0.4, 0.5) is 11.4 Å². The number of hydrogen-bond donors (Lipinski definition) is 1. The quantitative estimate of drug-likeness (QED) is 0.640. The zero-order valence-electron chi connectivity index (χ0n) is 18.8. The van der Waals surface area contributed by atoms with Crippen LogP contribution in [0.25, 0.3) is 0 Å². The third kappa shape index (κ3) is 5.43. The minimum absolute atomic E-state index is 0.327. The van der Waals surface area contributed by atoms with Crippen molar-refractivity contribution in [2.24, 2.45) is 0 Å². The highest BCUT2D eigenvalue weighted by molar-refractivity contribution is 7.89. The van der Waals surface area contributed by atoms with E-state index in [9.17, 15) is 13.2 Å². The summed E-state index contributed by atoms with van der Waals surface area (Å²) in [6.45, 7) is 3.81. The van der Waals surface area contributed by atoms with Crippen molar-refractivity contribution in [1.29, 1.82) is 0 Å². The van der Waals surface area contributed by atoms with Crippen molar-refractivity contribution in [3.8, 4) is 17.2 Å². The molecule has 0 spiro atoms. The highest BCUT2D eigenvalue weighted by atomic mass is 32.2. The number of amides is 1. The van der Waals surface area contributed by atoms with Gasteiger partial charge < -0.3 is 24.4 Å². The van der Waals surface area contributed by atoms with Crippen LogP contribution >= 0.6 is 0 Å². The topological polar surface area (TPSA) is 97.4 Å². The molecule has 1 aliphatic rings. The molecule has 9 nitrogen and oxygen atoms in total. The van der Waals surface area contributed by atoms with Gasteiger partial charge in [0.1, 0.15) is 5.75 Å². The average Bonchev–Trinajstić information content (AvgIpc) is 2.78. The predicted molar refractivity (Wildman–Crippen MR) is 123 cm³/mol. The molecule has 174 valence electrons. The molecule has 1 saturated heterocycles. The van der Waals surface area contributed by atoms with Gasteiger partial charge in [0.25, 0.3) is 0 Å². The van der Waals surface area contributed by atoms with Crippen LogP contribution in [0, 0.1) is 6.92 Å². The van der Waals surface area contributed by atoms with Crippen LogP contribution in [0.2, 0.25) is 0 Å². The summed E-state index contributed by atoms with van der Waals surface area (Å²) in [4.78, 5) is 14.7. The number of sulfonamides is 1. The number of rotatable bonds is 8. The SMILES string of the molecule is COc1cc(NC(=O)CS(=O)(=O)N2CCN(c3cccc(C)c3)CC2)cc(OC)c1OC. The number of anilines is 2. The number of piperazine rings is 1. The van der Waals surface area contributed by atoms with Crippen molar-refractivity contribution in [3.63, 3.8) is 0 Å². The standard InChI is InChI=1S/C22H29N3O6S/c1-16-6-5-7-18(12-16)24-8-10-25(11-9-24)32(27,28)15-21(26)23-17-13-19(29-2)22(31-4)20(14-17)30-3/h5-7,12-14H,8-11,15H2,1-4H3,(H,23,26). The van der Waals surface area contributed by atoms with E-state index in [-0.39, 0.29) is 0 Å². The number of carbonyl (C=O) groups is 1. The first-order valence-corrected chi connectivity index (χ1v) is 11.8. The van der Waals surface area contributed by atoms with E-state index in [1.807, 2.05) is 25.1 Å². The van der Waals surface area contributed by atoms with Gasteiger partial charge in [0, 0.05) is 49.7 Å². The molecule has 10 heteroatoms. The molecular weight excluding hydrogens is 434 g/mol. The van der Waals surface area contributed by atoms with Gasteiger partial charge in [-0.15, -0.1) is 0 Å². The molecule has 2 aromatic carbocycles. The Bertz CT molecular complexity index is 1040. The van der Waals surface area contributed by atoms with Gasteiger partial charge in [-0.2, -0.15) is 4.31 Å². The van der Waals surface area contributed by atoms with E-state index in [1.54, 1.807) is 12.1 Å². The van der Waals surface area contributed by atoms with Gasteiger partial charge >= 0.3 is 0 Å². The molecule has 1 amide bonds. The Hall–Kier alpha value is -2.98. The molecule has 0 unspecified atom stereocenters. The van der Waals surface area contributed by atoms with E-state index in [0.717, 1.165) is 11.3 Å². The van der Waals surface area contributed by atoms with Crippen molar-refractivity contribution in [1.82, 2.24) is 4.31 Å². The number of methoxy groups -OCH3 is 3. The molecule has 0 bridgehead atoms. The highest BCUT2D eigenvalue weighted by Gasteiger charge is 2.29. The summed E-state index contributed by atoms with van der Waals surface area (Å²) in [5, 5.41) is 2.61. The first-order chi connectivity index (χ1) is 15.3. The van der Waals surface area contributed by atoms with Gasteiger partial charge in [-0.25, -0.2) is 8.42 Å². The van der Waals surface area contributed by atoms with Crippen molar-refractivity contribution >= 4 is 27.3 Å². The maximum atomic E-state index is 12.8. The molecule has 2 aromatic rings. The van der Waals surface area contributed by atoms with Crippen LogP contribution in [0.15, 0.2) is 36.4 Å². The van der Waals surface area contributed by atoms with Crippen LogP contribution in [-0.4, -0.2) is 71.9 Å². The molecule has 0 saturated carbocycles. The summed E-state index contributed by atoms with van der Waals surface area (Å²) in [7, 11) is 0.647. The lowest BCUT2D eigenvalue weighted by Crippen LogP contribution is -2.50. The van der Waals surface area contributed by atoms with E-state index in [4.69, 9.17) is 14.2 Å². The molecule has 32 heavy (non-hydrogen) atoms. The van der Waals surface area contributed by atoms with E-state index in [2.05, 4.69) is 16.3 Å². The Morgan fingerprint density at radius 2 is 1.59 bits per heavy atom. The number of ether oxygens (including phenoxy) is 3. The molecule has 1 aliphatic heterocycles. The zero-order valence-corrected chi connectivity index (χ0v) is 19.6. The minimum atomic E-state index is -3.75. The summed E-state index contributed by atoms with van der Waals surface area (Å²) >= 11 is 0. The van der Waals surface area contributed by atoms with Crippen LogP contribution in [-0.2, 0) is 14.8 Å². The van der Waals surface area contributed by atoms with Crippen molar-refractivity contribution < 1.29 is 27.4 Å². The van der Waals surface area contributed by atoms with Gasteiger partial charge in [-0.05, 0) is 24.6 Å². The Balaban J connectivity index is 1.63. The molecule has 1 N–H and O–H groups in total. The van der Waals surface area contributed by atoms with Crippen molar-refractivity contribution in [2.75, 3.05) is 63.5 Å². The first kappa shape index (κ1) is 23.7. The van der Waals surface area contributed by atoms with Crippen molar-refractivity contribution in [2.45, 2.75) is 6.92 Å².